The molecule has 0 aliphatic rings. The topological polar surface area (TPSA) is 54.9 Å². The Bertz CT molecular complexity index is 994. The van der Waals surface area contributed by atoms with E-state index in [9.17, 15) is 4.79 Å². The average Bonchev–Trinajstić information content (AvgIpc) is 3.24. The summed E-state index contributed by atoms with van der Waals surface area (Å²) in [5.41, 5.74) is 3.83. The normalized spacial score (nSPS) is 10.8. The van der Waals surface area contributed by atoms with Crippen LogP contribution in [-0.4, -0.2) is 15.9 Å². The van der Waals surface area contributed by atoms with Gasteiger partial charge in [0.2, 0.25) is 5.91 Å². The molecule has 2 aromatic carbocycles. The van der Waals surface area contributed by atoms with Crippen LogP contribution in [0.2, 0.25) is 0 Å². The van der Waals surface area contributed by atoms with Crippen molar-refractivity contribution < 1.29 is 4.79 Å². The van der Waals surface area contributed by atoms with Gasteiger partial charge in [0, 0.05) is 23.3 Å². The van der Waals surface area contributed by atoms with Crippen molar-refractivity contribution in [3.63, 3.8) is 0 Å². The van der Waals surface area contributed by atoms with Gasteiger partial charge < -0.3 is 5.32 Å². The second kappa shape index (κ2) is 8.59. The fourth-order valence-corrected chi connectivity index (χ4v) is 3.91. The van der Waals surface area contributed by atoms with Crippen LogP contribution in [0.4, 0.5) is 0 Å². The molecule has 0 saturated carbocycles. The maximum Gasteiger partial charge on any atom is 0.232 e. The summed E-state index contributed by atoms with van der Waals surface area (Å²) in [6.45, 7) is 0.399. The Morgan fingerprint density at radius 1 is 0.893 bits per heavy atom. The van der Waals surface area contributed by atoms with Gasteiger partial charge in [0.05, 0.1) is 18.2 Å². The van der Waals surface area contributed by atoms with E-state index in [-0.39, 0.29) is 11.8 Å². The smallest absolute Gasteiger partial charge is 0.232 e. The molecule has 0 atom stereocenters. The molecule has 0 aliphatic heterocycles. The molecule has 4 nitrogen and oxygen atoms in total. The quantitative estimate of drug-likeness (QED) is 0.525. The van der Waals surface area contributed by atoms with E-state index in [0.29, 0.717) is 6.54 Å². The Kier molecular flexibility index (Phi) is 5.54. The first-order valence-electron chi connectivity index (χ1n) is 9.03. The number of aromatic nitrogens is 2. The number of thiazole rings is 1. The van der Waals surface area contributed by atoms with Crippen molar-refractivity contribution in [1.82, 2.24) is 15.3 Å². The number of hydrogen-bond donors (Lipinski definition) is 1. The third kappa shape index (κ3) is 4.15. The van der Waals surface area contributed by atoms with Crippen LogP contribution >= 0.6 is 11.3 Å². The minimum absolute atomic E-state index is 0.0316. The van der Waals surface area contributed by atoms with E-state index in [1.807, 2.05) is 78.2 Å². The summed E-state index contributed by atoms with van der Waals surface area (Å²) >= 11 is 1.57. The Balaban J connectivity index is 1.50. The molecule has 2 aromatic heterocycles. The molecular weight excluding hydrogens is 366 g/mol. The number of nitrogens with zero attached hydrogens (tertiary/aromatic N) is 2. The van der Waals surface area contributed by atoms with Crippen LogP contribution in [0.25, 0.3) is 10.6 Å². The fourth-order valence-electron chi connectivity index (χ4n) is 3.08. The largest absolute Gasteiger partial charge is 0.350 e. The maximum absolute atomic E-state index is 13.1. The molecule has 0 unspecified atom stereocenters. The predicted octanol–water partition coefficient (Wildman–Crippen LogP) is 4.65. The second-order valence-electron chi connectivity index (χ2n) is 6.35. The highest BCUT2D eigenvalue weighted by Crippen LogP contribution is 2.26. The summed E-state index contributed by atoms with van der Waals surface area (Å²) in [5.74, 6) is -0.378. The number of carbonyl (C=O) groups is 1. The van der Waals surface area contributed by atoms with Gasteiger partial charge in [-0.2, -0.15) is 0 Å². The van der Waals surface area contributed by atoms with E-state index < -0.39 is 0 Å². The molecule has 5 heteroatoms. The fraction of sp³-hybridized carbons (Fsp3) is 0.0870. The summed E-state index contributed by atoms with van der Waals surface area (Å²) in [7, 11) is 0. The average molecular weight is 385 g/mol. The van der Waals surface area contributed by atoms with Gasteiger partial charge >= 0.3 is 0 Å². The Labute approximate surface area is 167 Å². The van der Waals surface area contributed by atoms with Crippen LogP contribution in [-0.2, 0) is 11.3 Å². The number of hydrogen-bond acceptors (Lipinski definition) is 4. The first kappa shape index (κ1) is 18.1. The van der Waals surface area contributed by atoms with Crippen LogP contribution < -0.4 is 5.32 Å². The van der Waals surface area contributed by atoms with Gasteiger partial charge in [0.1, 0.15) is 5.01 Å². The molecule has 4 rings (SSSR count). The molecule has 0 fully saturated rings. The van der Waals surface area contributed by atoms with E-state index in [0.717, 1.165) is 27.4 Å². The zero-order valence-electron chi connectivity index (χ0n) is 15.2. The summed E-state index contributed by atoms with van der Waals surface area (Å²) in [6.07, 6.45) is 3.50. The van der Waals surface area contributed by atoms with Gasteiger partial charge in [-0.05, 0) is 23.3 Å². The lowest BCUT2D eigenvalue weighted by atomic mass is 9.90. The predicted molar refractivity (Wildman–Crippen MR) is 112 cm³/mol. The first-order chi connectivity index (χ1) is 13.8. The molecule has 1 N–H and O–H groups in total. The molecule has 0 radical (unpaired) electrons. The SMILES string of the molecule is O=C(NCc1csc(-c2ccncc2)n1)C(c1ccccc1)c1ccccc1. The Morgan fingerprint density at radius 2 is 1.50 bits per heavy atom. The Hall–Kier alpha value is -3.31. The summed E-state index contributed by atoms with van der Waals surface area (Å²) in [4.78, 5) is 21.7. The van der Waals surface area contributed by atoms with Crippen molar-refractivity contribution in [3.05, 3.63) is 107 Å². The lowest BCUT2D eigenvalue weighted by Crippen LogP contribution is -2.29. The van der Waals surface area contributed by atoms with Crippen molar-refractivity contribution in [2.45, 2.75) is 12.5 Å². The van der Waals surface area contributed by atoms with Crippen molar-refractivity contribution in [2.24, 2.45) is 0 Å². The van der Waals surface area contributed by atoms with E-state index in [4.69, 9.17) is 0 Å². The molecular formula is C23H19N3OS. The molecule has 0 aliphatic carbocycles. The maximum atomic E-state index is 13.1. The van der Waals surface area contributed by atoms with Crippen molar-refractivity contribution in [3.8, 4) is 10.6 Å². The van der Waals surface area contributed by atoms with Crippen LogP contribution in [0, 0.1) is 0 Å². The highest BCUT2D eigenvalue weighted by atomic mass is 32.1. The third-order valence-corrected chi connectivity index (χ3v) is 5.39. The van der Waals surface area contributed by atoms with Crippen LogP contribution in [0.1, 0.15) is 22.7 Å². The summed E-state index contributed by atoms with van der Waals surface area (Å²) in [5, 5.41) is 5.96. The standard InChI is InChI=1S/C23H19N3OS/c27-22(21(17-7-3-1-4-8-17)18-9-5-2-6-10-18)25-15-20-16-28-23(26-20)19-11-13-24-14-12-19/h1-14,16,21H,15H2,(H,25,27). The zero-order valence-corrected chi connectivity index (χ0v) is 16.0. The monoisotopic (exact) mass is 385 g/mol. The molecule has 0 saturated heterocycles. The number of carbonyl (C=O) groups excluding carboxylic acids is 1. The summed E-state index contributed by atoms with van der Waals surface area (Å²) in [6, 6.07) is 23.6. The lowest BCUT2D eigenvalue weighted by Gasteiger charge is -2.17. The molecule has 1 amide bonds. The molecule has 0 spiro atoms. The molecule has 0 bridgehead atoms. The van der Waals surface area contributed by atoms with Crippen LogP contribution in [0.15, 0.2) is 90.6 Å². The van der Waals surface area contributed by atoms with E-state index in [2.05, 4.69) is 15.3 Å². The highest BCUT2D eigenvalue weighted by Gasteiger charge is 2.22. The van der Waals surface area contributed by atoms with Crippen molar-refractivity contribution in [2.75, 3.05) is 0 Å². The second-order valence-corrected chi connectivity index (χ2v) is 7.21. The number of rotatable bonds is 6. The number of benzene rings is 2. The lowest BCUT2D eigenvalue weighted by molar-refractivity contribution is -0.121. The van der Waals surface area contributed by atoms with Crippen molar-refractivity contribution >= 4 is 17.2 Å². The van der Waals surface area contributed by atoms with Gasteiger partial charge in [-0.1, -0.05) is 60.7 Å². The van der Waals surface area contributed by atoms with E-state index in [1.165, 1.54) is 0 Å². The van der Waals surface area contributed by atoms with Crippen molar-refractivity contribution in [1.29, 1.82) is 0 Å². The molecule has 138 valence electrons. The van der Waals surface area contributed by atoms with Gasteiger partial charge in [0.25, 0.3) is 0 Å². The summed E-state index contributed by atoms with van der Waals surface area (Å²) < 4.78 is 0. The van der Waals surface area contributed by atoms with Gasteiger partial charge in [-0.3, -0.25) is 9.78 Å². The zero-order chi connectivity index (χ0) is 19.2. The minimum Gasteiger partial charge on any atom is -0.350 e. The van der Waals surface area contributed by atoms with Crippen LogP contribution in [0.5, 0.6) is 0 Å². The Morgan fingerprint density at radius 3 is 2.11 bits per heavy atom. The minimum atomic E-state index is -0.347. The van der Waals surface area contributed by atoms with Gasteiger partial charge in [0.15, 0.2) is 0 Å². The molecule has 2 heterocycles. The molecule has 4 aromatic rings. The van der Waals surface area contributed by atoms with Gasteiger partial charge in [-0.15, -0.1) is 11.3 Å². The molecule has 28 heavy (non-hydrogen) atoms. The number of pyridine rings is 1. The van der Waals surface area contributed by atoms with E-state index >= 15 is 0 Å². The van der Waals surface area contributed by atoms with Gasteiger partial charge in [-0.25, -0.2) is 4.98 Å². The first-order valence-corrected chi connectivity index (χ1v) is 9.91. The van der Waals surface area contributed by atoms with E-state index in [1.54, 1.807) is 23.7 Å². The highest BCUT2D eigenvalue weighted by molar-refractivity contribution is 7.13. The van der Waals surface area contributed by atoms with Crippen LogP contribution in [0.3, 0.4) is 0 Å². The number of amides is 1. The number of nitrogens with one attached hydrogen (secondary N) is 1. The third-order valence-electron chi connectivity index (χ3n) is 4.45.